The number of pyridine rings is 1. The number of aryl methyl sites for hydroxylation is 2. The Morgan fingerprint density at radius 1 is 1.14 bits per heavy atom. The van der Waals surface area contributed by atoms with Gasteiger partial charge in [-0.05, 0) is 57.5 Å². The number of primary amides is 1. The smallest absolute Gasteiger partial charge is 0.258 e. The van der Waals surface area contributed by atoms with Gasteiger partial charge in [-0.15, -0.1) is 0 Å². The van der Waals surface area contributed by atoms with Crippen molar-refractivity contribution >= 4 is 23.3 Å². The third kappa shape index (κ3) is 6.47. The third-order valence-corrected chi connectivity index (χ3v) is 5.71. The van der Waals surface area contributed by atoms with Crippen LogP contribution in [-0.2, 0) is 4.79 Å². The molecule has 10 nitrogen and oxygen atoms in total. The van der Waals surface area contributed by atoms with E-state index in [1.165, 1.54) is 0 Å². The Balaban J connectivity index is 1.79. The van der Waals surface area contributed by atoms with Gasteiger partial charge in [-0.1, -0.05) is 16.8 Å². The molecule has 0 spiro atoms. The number of nitrogens with zero attached hydrogens (tertiary/aromatic N) is 4. The first-order chi connectivity index (χ1) is 16.6. The van der Waals surface area contributed by atoms with Crippen molar-refractivity contribution < 1.29 is 24.3 Å². The molecule has 3 aromatic rings. The van der Waals surface area contributed by atoms with Gasteiger partial charge in [0.2, 0.25) is 11.7 Å². The Hall–Kier alpha value is -3.21. The monoisotopic (exact) mass is 503 g/mol. The SMILES string of the molecule is CCN(CC)c1cc(-c2nc(-c3cc(C)c(OC[C@@H](O)CC(O)C(N)=O)c(Cl)c3)no2)cc(C)n1. The van der Waals surface area contributed by atoms with Gasteiger partial charge in [0.1, 0.15) is 24.3 Å². The number of rotatable bonds is 11. The van der Waals surface area contributed by atoms with E-state index in [2.05, 4.69) is 33.9 Å². The summed E-state index contributed by atoms with van der Waals surface area (Å²) < 4.78 is 11.2. The molecule has 0 aliphatic heterocycles. The van der Waals surface area contributed by atoms with E-state index in [-0.39, 0.29) is 18.1 Å². The number of aromatic nitrogens is 3. The molecule has 0 saturated heterocycles. The van der Waals surface area contributed by atoms with Crippen molar-refractivity contribution in [2.24, 2.45) is 5.73 Å². The number of anilines is 1. The first-order valence-electron chi connectivity index (χ1n) is 11.3. The Bertz CT molecular complexity index is 1160. The Kier molecular flexibility index (Phi) is 8.66. The fourth-order valence-corrected chi connectivity index (χ4v) is 3.93. The van der Waals surface area contributed by atoms with Crippen LogP contribution in [0.15, 0.2) is 28.8 Å². The number of hydrogen-bond donors (Lipinski definition) is 3. The normalized spacial score (nSPS) is 12.9. The van der Waals surface area contributed by atoms with Gasteiger partial charge in [-0.25, -0.2) is 4.98 Å². The van der Waals surface area contributed by atoms with Crippen molar-refractivity contribution in [2.75, 3.05) is 24.6 Å². The molecule has 2 aromatic heterocycles. The molecule has 1 unspecified atom stereocenters. The van der Waals surface area contributed by atoms with E-state index >= 15 is 0 Å². The van der Waals surface area contributed by atoms with Crippen molar-refractivity contribution in [1.29, 1.82) is 0 Å². The largest absolute Gasteiger partial charge is 0.489 e. The van der Waals surface area contributed by atoms with Crippen LogP contribution in [0.2, 0.25) is 5.02 Å². The molecule has 0 aliphatic rings. The van der Waals surface area contributed by atoms with E-state index < -0.39 is 18.1 Å². The lowest BCUT2D eigenvalue weighted by atomic mass is 10.1. The molecule has 35 heavy (non-hydrogen) atoms. The van der Waals surface area contributed by atoms with Crippen LogP contribution in [0.25, 0.3) is 22.8 Å². The summed E-state index contributed by atoms with van der Waals surface area (Å²) in [5.41, 5.74) is 7.94. The lowest BCUT2D eigenvalue weighted by Gasteiger charge is -2.20. The number of hydrogen-bond acceptors (Lipinski definition) is 9. The number of carbonyl (C=O) groups excluding carboxylic acids is 1. The summed E-state index contributed by atoms with van der Waals surface area (Å²) in [5.74, 6) is 1.02. The second kappa shape index (κ2) is 11.5. The average Bonchev–Trinajstić information content (AvgIpc) is 3.29. The summed E-state index contributed by atoms with van der Waals surface area (Å²) in [5, 5.41) is 23.9. The maximum atomic E-state index is 10.9. The fourth-order valence-electron chi connectivity index (χ4n) is 3.61. The molecule has 4 N–H and O–H groups in total. The van der Waals surface area contributed by atoms with Crippen LogP contribution in [0.3, 0.4) is 0 Å². The van der Waals surface area contributed by atoms with Crippen LogP contribution in [0, 0.1) is 13.8 Å². The van der Waals surface area contributed by atoms with E-state index in [9.17, 15) is 15.0 Å². The van der Waals surface area contributed by atoms with Gasteiger partial charge in [-0.3, -0.25) is 4.79 Å². The molecule has 0 fully saturated rings. The fraction of sp³-hybridized carbons (Fsp3) is 0.417. The minimum Gasteiger partial charge on any atom is -0.489 e. The summed E-state index contributed by atoms with van der Waals surface area (Å²) in [6, 6.07) is 7.24. The molecule has 0 bridgehead atoms. The molecule has 11 heteroatoms. The molecule has 0 aliphatic carbocycles. The summed E-state index contributed by atoms with van der Waals surface area (Å²) in [7, 11) is 0. The van der Waals surface area contributed by atoms with Gasteiger partial charge < -0.3 is 30.1 Å². The van der Waals surface area contributed by atoms with Gasteiger partial charge in [-0.2, -0.15) is 4.98 Å². The van der Waals surface area contributed by atoms with Gasteiger partial charge in [0, 0.05) is 36.3 Å². The minimum atomic E-state index is -1.45. The highest BCUT2D eigenvalue weighted by atomic mass is 35.5. The molecule has 1 amide bonds. The quantitative estimate of drug-likeness (QED) is 0.359. The standard InChI is InChI=1S/C24H30ClN5O5/c1-5-30(6-2)20-10-16(8-14(4)27-20)24-28-23(29-35-24)15-7-13(3)21(18(25)9-15)34-12-17(31)11-19(32)22(26)33/h7-10,17,19,31-32H,5-6,11-12H2,1-4H3,(H2,26,33)/t17-,19?/m0/s1. The van der Waals surface area contributed by atoms with Gasteiger partial charge in [0.25, 0.3) is 5.89 Å². The van der Waals surface area contributed by atoms with Crippen molar-refractivity contribution in [2.45, 2.75) is 46.3 Å². The zero-order chi connectivity index (χ0) is 25.7. The Labute approximate surface area is 208 Å². The maximum Gasteiger partial charge on any atom is 0.258 e. The topological polar surface area (TPSA) is 148 Å². The molecule has 2 atom stereocenters. The number of aliphatic hydroxyl groups excluding tert-OH is 2. The second-order valence-electron chi connectivity index (χ2n) is 8.17. The van der Waals surface area contributed by atoms with E-state index in [4.69, 9.17) is 26.6 Å². The Morgan fingerprint density at radius 2 is 1.86 bits per heavy atom. The minimum absolute atomic E-state index is 0.174. The van der Waals surface area contributed by atoms with Crippen LogP contribution in [0.4, 0.5) is 5.82 Å². The third-order valence-electron chi connectivity index (χ3n) is 5.43. The molecule has 2 heterocycles. The van der Waals surface area contributed by atoms with Crippen LogP contribution in [-0.4, -0.2) is 63.1 Å². The number of ether oxygens (including phenoxy) is 1. The highest BCUT2D eigenvalue weighted by Gasteiger charge is 2.20. The molecular weight excluding hydrogens is 474 g/mol. The van der Waals surface area contributed by atoms with E-state index in [0.29, 0.717) is 28.6 Å². The lowest BCUT2D eigenvalue weighted by molar-refractivity contribution is -0.127. The van der Waals surface area contributed by atoms with Crippen LogP contribution in [0.1, 0.15) is 31.5 Å². The van der Waals surface area contributed by atoms with Crippen molar-refractivity contribution in [3.8, 4) is 28.6 Å². The van der Waals surface area contributed by atoms with E-state index in [1.54, 1.807) is 19.1 Å². The lowest BCUT2D eigenvalue weighted by Crippen LogP contribution is -2.33. The van der Waals surface area contributed by atoms with Crippen LogP contribution < -0.4 is 15.4 Å². The zero-order valence-electron chi connectivity index (χ0n) is 20.2. The summed E-state index contributed by atoms with van der Waals surface area (Å²) >= 11 is 6.43. The zero-order valence-corrected chi connectivity index (χ0v) is 20.9. The van der Waals surface area contributed by atoms with Crippen molar-refractivity contribution in [3.63, 3.8) is 0 Å². The summed E-state index contributed by atoms with van der Waals surface area (Å²) in [6.07, 6.45) is -2.79. The number of halogens is 1. The van der Waals surface area contributed by atoms with Crippen molar-refractivity contribution in [1.82, 2.24) is 15.1 Å². The van der Waals surface area contributed by atoms with Gasteiger partial charge in [0.05, 0.1) is 11.1 Å². The number of benzene rings is 1. The average molecular weight is 504 g/mol. The van der Waals surface area contributed by atoms with Gasteiger partial charge in [0.15, 0.2) is 0 Å². The number of nitrogens with two attached hydrogens (primary N) is 1. The summed E-state index contributed by atoms with van der Waals surface area (Å²) in [6.45, 7) is 9.34. The van der Waals surface area contributed by atoms with Crippen LogP contribution in [0.5, 0.6) is 5.75 Å². The highest BCUT2D eigenvalue weighted by Crippen LogP contribution is 2.34. The maximum absolute atomic E-state index is 10.9. The van der Waals surface area contributed by atoms with Crippen LogP contribution >= 0.6 is 11.6 Å². The molecule has 1 aromatic carbocycles. The molecule has 0 saturated carbocycles. The van der Waals surface area contributed by atoms with E-state index in [1.807, 2.05) is 19.1 Å². The van der Waals surface area contributed by atoms with Crippen molar-refractivity contribution in [3.05, 3.63) is 40.5 Å². The number of carbonyl (C=O) groups is 1. The molecule has 188 valence electrons. The molecular formula is C24H30ClN5O5. The Morgan fingerprint density at radius 3 is 2.49 bits per heavy atom. The predicted molar refractivity (Wildman–Crippen MR) is 132 cm³/mol. The summed E-state index contributed by atoms with van der Waals surface area (Å²) in [4.78, 5) is 22.2. The number of amides is 1. The predicted octanol–water partition coefficient (Wildman–Crippen LogP) is 2.89. The van der Waals surface area contributed by atoms with Gasteiger partial charge >= 0.3 is 0 Å². The highest BCUT2D eigenvalue weighted by molar-refractivity contribution is 6.32. The molecule has 3 rings (SSSR count). The first-order valence-corrected chi connectivity index (χ1v) is 11.7. The molecule has 0 radical (unpaired) electrons. The number of aliphatic hydroxyl groups is 2. The second-order valence-corrected chi connectivity index (χ2v) is 8.58. The van der Waals surface area contributed by atoms with E-state index in [0.717, 1.165) is 30.2 Å². The first kappa shape index (κ1) is 26.4.